The lowest BCUT2D eigenvalue weighted by Gasteiger charge is -2.19. The van der Waals surface area contributed by atoms with E-state index in [4.69, 9.17) is 9.26 Å². The largest absolute Gasteiger partial charge is 0.453 e. The van der Waals surface area contributed by atoms with Crippen molar-refractivity contribution in [1.82, 2.24) is 20.0 Å². The summed E-state index contributed by atoms with van der Waals surface area (Å²) in [5.41, 5.74) is 3.61. The van der Waals surface area contributed by atoms with Crippen LogP contribution >= 0.6 is 0 Å². The van der Waals surface area contributed by atoms with Crippen molar-refractivity contribution < 1.29 is 14.1 Å². The molecule has 26 heavy (non-hydrogen) atoms. The van der Waals surface area contributed by atoms with Gasteiger partial charge < -0.3 is 19.5 Å². The Morgan fingerprint density at radius 3 is 2.46 bits per heavy atom. The van der Waals surface area contributed by atoms with Crippen LogP contribution in [0, 0.1) is 39.5 Å². The molecule has 1 aliphatic carbocycles. The van der Waals surface area contributed by atoms with Crippen molar-refractivity contribution >= 4 is 11.9 Å². The zero-order chi connectivity index (χ0) is 18.6. The SMILES string of the molecule is COC(=O)N1C[C@@H]2C(Nc3nc(C)nc(-c4c(C)noc4C)c3C)[C@@H]2C1. The highest BCUT2D eigenvalue weighted by molar-refractivity contribution is 5.72. The number of nitrogens with one attached hydrogen (secondary N) is 1. The zero-order valence-corrected chi connectivity index (χ0v) is 15.7. The van der Waals surface area contributed by atoms with Crippen LogP contribution in [-0.2, 0) is 4.74 Å². The number of anilines is 1. The van der Waals surface area contributed by atoms with Crippen LogP contribution < -0.4 is 5.32 Å². The lowest BCUT2D eigenvalue weighted by Crippen LogP contribution is -2.33. The monoisotopic (exact) mass is 357 g/mol. The number of methoxy groups -OCH3 is 1. The minimum Gasteiger partial charge on any atom is -0.453 e. The first kappa shape index (κ1) is 16.8. The van der Waals surface area contributed by atoms with Crippen LogP contribution in [0.3, 0.4) is 0 Å². The molecule has 0 aromatic carbocycles. The number of fused-ring (bicyclic) bond motifs is 1. The molecule has 3 atom stereocenters. The number of aryl methyl sites for hydroxylation is 3. The summed E-state index contributed by atoms with van der Waals surface area (Å²) in [6, 6.07) is 0.335. The molecule has 2 aromatic heterocycles. The third-order valence-electron chi connectivity index (χ3n) is 5.46. The maximum atomic E-state index is 11.6. The highest BCUT2D eigenvalue weighted by Gasteiger charge is 2.57. The van der Waals surface area contributed by atoms with Crippen molar-refractivity contribution in [3.05, 3.63) is 22.8 Å². The van der Waals surface area contributed by atoms with Crippen molar-refractivity contribution in [3.63, 3.8) is 0 Å². The van der Waals surface area contributed by atoms with E-state index in [1.54, 1.807) is 4.90 Å². The molecular formula is C18H23N5O3. The first-order valence-electron chi connectivity index (χ1n) is 8.78. The summed E-state index contributed by atoms with van der Waals surface area (Å²) in [5, 5.41) is 7.61. The number of carbonyl (C=O) groups is 1. The molecule has 0 spiro atoms. The Bertz CT molecular complexity index is 846. The maximum absolute atomic E-state index is 11.6. The van der Waals surface area contributed by atoms with Crippen molar-refractivity contribution in [2.24, 2.45) is 11.8 Å². The average molecular weight is 357 g/mol. The number of piperidine rings is 1. The van der Waals surface area contributed by atoms with Crippen molar-refractivity contribution in [2.75, 3.05) is 25.5 Å². The lowest BCUT2D eigenvalue weighted by molar-refractivity contribution is 0.128. The Morgan fingerprint density at radius 1 is 1.19 bits per heavy atom. The summed E-state index contributed by atoms with van der Waals surface area (Å²) in [4.78, 5) is 22.6. The van der Waals surface area contributed by atoms with Crippen LogP contribution in [0.4, 0.5) is 10.6 Å². The summed E-state index contributed by atoms with van der Waals surface area (Å²) >= 11 is 0. The van der Waals surface area contributed by atoms with Gasteiger partial charge in [0.05, 0.1) is 24.1 Å². The van der Waals surface area contributed by atoms with Crippen molar-refractivity contribution in [3.8, 4) is 11.3 Å². The van der Waals surface area contributed by atoms with Gasteiger partial charge >= 0.3 is 6.09 Å². The summed E-state index contributed by atoms with van der Waals surface area (Å²) in [7, 11) is 1.42. The summed E-state index contributed by atoms with van der Waals surface area (Å²) < 4.78 is 10.1. The molecule has 1 saturated heterocycles. The molecule has 1 amide bonds. The quantitative estimate of drug-likeness (QED) is 0.902. The molecule has 1 unspecified atom stereocenters. The van der Waals surface area contributed by atoms with Crippen LogP contribution in [0.2, 0.25) is 0 Å². The average Bonchev–Trinajstić information content (AvgIpc) is 2.95. The minimum atomic E-state index is -0.245. The summed E-state index contributed by atoms with van der Waals surface area (Å²) in [5.74, 6) is 3.20. The summed E-state index contributed by atoms with van der Waals surface area (Å²) in [6.07, 6.45) is -0.245. The van der Waals surface area contributed by atoms with Crippen molar-refractivity contribution in [2.45, 2.75) is 33.7 Å². The Hall–Kier alpha value is -2.64. The molecule has 4 rings (SSSR count). The highest BCUT2D eigenvalue weighted by atomic mass is 16.5. The molecule has 8 heteroatoms. The maximum Gasteiger partial charge on any atom is 0.409 e. The van der Waals surface area contributed by atoms with Gasteiger partial charge in [0.25, 0.3) is 0 Å². The van der Waals surface area contributed by atoms with Gasteiger partial charge in [-0.2, -0.15) is 0 Å². The van der Waals surface area contributed by atoms with E-state index in [2.05, 4.69) is 20.4 Å². The van der Waals surface area contributed by atoms with Gasteiger partial charge in [-0.3, -0.25) is 0 Å². The van der Waals surface area contributed by atoms with Gasteiger partial charge in [0, 0.05) is 36.5 Å². The number of hydrogen-bond acceptors (Lipinski definition) is 7. The molecule has 1 N–H and O–H groups in total. The Morgan fingerprint density at radius 2 is 1.88 bits per heavy atom. The second kappa shape index (κ2) is 5.96. The fourth-order valence-corrected chi connectivity index (χ4v) is 4.01. The van der Waals surface area contributed by atoms with E-state index >= 15 is 0 Å². The van der Waals surface area contributed by atoms with Gasteiger partial charge in [-0.25, -0.2) is 14.8 Å². The van der Waals surface area contributed by atoms with E-state index in [0.717, 1.165) is 47.2 Å². The predicted octanol–water partition coefficient (Wildman–Crippen LogP) is 2.47. The molecule has 2 fully saturated rings. The van der Waals surface area contributed by atoms with Gasteiger partial charge in [0.15, 0.2) is 0 Å². The second-order valence-corrected chi connectivity index (χ2v) is 7.17. The van der Waals surface area contributed by atoms with E-state index in [1.807, 2.05) is 27.7 Å². The van der Waals surface area contributed by atoms with E-state index < -0.39 is 0 Å². The third-order valence-corrected chi connectivity index (χ3v) is 5.46. The third kappa shape index (κ3) is 2.60. The standard InChI is InChI=1S/C18H23N5O3/c1-8-15(14-9(2)22-26-10(14)3)19-11(4)20-17(8)21-16-12-6-23(7-13(12)16)18(24)25-5/h12-13,16H,6-7H2,1-5H3,(H,19,20,21)/t12-,13+,16?. The molecule has 1 saturated carbocycles. The number of aromatic nitrogens is 3. The number of rotatable bonds is 3. The van der Waals surface area contributed by atoms with Gasteiger partial charge in [0.1, 0.15) is 17.4 Å². The molecule has 2 aliphatic rings. The number of amides is 1. The van der Waals surface area contributed by atoms with Crippen LogP contribution in [0.1, 0.15) is 22.8 Å². The van der Waals surface area contributed by atoms with Gasteiger partial charge in [-0.1, -0.05) is 5.16 Å². The van der Waals surface area contributed by atoms with Crippen molar-refractivity contribution in [1.29, 1.82) is 0 Å². The Kier molecular flexibility index (Phi) is 3.86. The zero-order valence-electron chi connectivity index (χ0n) is 15.7. The fraction of sp³-hybridized carbons (Fsp3) is 0.556. The van der Waals surface area contributed by atoms with E-state index in [1.165, 1.54) is 7.11 Å². The molecule has 0 bridgehead atoms. The Labute approximate surface area is 151 Å². The molecule has 138 valence electrons. The van der Waals surface area contributed by atoms with Crippen LogP contribution in [0.15, 0.2) is 4.52 Å². The van der Waals surface area contributed by atoms with E-state index in [0.29, 0.717) is 23.7 Å². The van der Waals surface area contributed by atoms with E-state index in [9.17, 15) is 4.79 Å². The number of carbonyl (C=O) groups excluding carboxylic acids is 1. The van der Waals surface area contributed by atoms with Gasteiger partial charge in [-0.05, 0) is 27.7 Å². The normalized spacial score (nSPS) is 23.7. The van der Waals surface area contributed by atoms with Crippen LogP contribution in [0.25, 0.3) is 11.3 Å². The van der Waals surface area contributed by atoms with Crippen LogP contribution in [-0.4, -0.2) is 52.4 Å². The molecule has 1 aliphatic heterocycles. The molecule has 8 nitrogen and oxygen atoms in total. The highest BCUT2D eigenvalue weighted by Crippen LogP contribution is 2.47. The molecule has 2 aromatic rings. The van der Waals surface area contributed by atoms with Gasteiger partial charge in [0.2, 0.25) is 0 Å². The van der Waals surface area contributed by atoms with E-state index in [-0.39, 0.29) is 6.09 Å². The fourth-order valence-electron chi connectivity index (χ4n) is 4.01. The number of hydrogen-bond donors (Lipinski definition) is 1. The lowest BCUT2D eigenvalue weighted by atomic mass is 10.1. The Balaban J connectivity index is 1.56. The summed E-state index contributed by atoms with van der Waals surface area (Å²) in [6.45, 7) is 9.18. The topological polar surface area (TPSA) is 93.4 Å². The number of likely N-dealkylation sites (tertiary alicyclic amines) is 1. The molecule has 0 radical (unpaired) electrons. The first-order valence-corrected chi connectivity index (χ1v) is 8.78. The molecule has 3 heterocycles. The molecular weight excluding hydrogens is 334 g/mol. The number of ether oxygens (including phenoxy) is 1. The van der Waals surface area contributed by atoms with Gasteiger partial charge in [-0.15, -0.1) is 0 Å². The number of nitrogens with zero attached hydrogens (tertiary/aromatic N) is 4. The minimum absolute atomic E-state index is 0.245. The second-order valence-electron chi connectivity index (χ2n) is 7.17. The first-order chi connectivity index (χ1) is 12.4. The smallest absolute Gasteiger partial charge is 0.409 e. The van der Waals surface area contributed by atoms with Crippen LogP contribution in [0.5, 0.6) is 0 Å². The predicted molar refractivity (Wildman–Crippen MR) is 94.8 cm³/mol.